The van der Waals surface area contributed by atoms with Crippen LogP contribution >= 0.6 is 0 Å². The van der Waals surface area contributed by atoms with Gasteiger partial charge in [0.25, 0.3) is 0 Å². The van der Waals surface area contributed by atoms with Gasteiger partial charge in [-0.3, -0.25) is 4.79 Å². The van der Waals surface area contributed by atoms with Gasteiger partial charge in [-0.1, -0.05) is 30.3 Å². The van der Waals surface area contributed by atoms with Crippen molar-refractivity contribution in [2.75, 3.05) is 36.5 Å². The van der Waals surface area contributed by atoms with Crippen molar-refractivity contribution in [3.05, 3.63) is 71.9 Å². The van der Waals surface area contributed by atoms with Crippen LogP contribution in [-0.2, 0) is 4.74 Å². The fourth-order valence-corrected chi connectivity index (χ4v) is 3.65. The lowest BCUT2D eigenvalue weighted by atomic mass is 9.96. The number of hydrogen-bond acceptors (Lipinski definition) is 6. The van der Waals surface area contributed by atoms with Crippen molar-refractivity contribution >= 4 is 29.2 Å². The van der Waals surface area contributed by atoms with Crippen LogP contribution in [0.2, 0.25) is 0 Å². The molecule has 0 unspecified atom stereocenters. The Labute approximate surface area is 176 Å². The van der Waals surface area contributed by atoms with Gasteiger partial charge in [0.05, 0.1) is 13.2 Å². The zero-order valence-corrected chi connectivity index (χ0v) is 16.9. The predicted octanol–water partition coefficient (Wildman–Crippen LogP) is 4.53. The van der Waals surface area contributed by atoms with E-state index in [1.165, 1.54) is 0 Å². The average molecular weight is 400 g/mol. The number of benzene rings is 2. The van der Waals surface area contributed by atoms with Crippen molar-refractivity contribution in [1.29, 1.82) is 5.41 Å². The Morgan fingerprint density at radius 2 is 1.80 bits per heavy atom. The number of rotatable bonds is 6. The normalized spacial score (nSPS) is 13.7. The molecule has 1 aliphatic heterocycles. The van der Waals surface area contributed by atoms with Gasteiger partial charge in [0, 0.05) is 35.7 Å². The first kappa shape index (κ1) is 19.8. The summed E-state index contributed by atoms with van der Waals surface area (Å²) in [5.74, 6) is 0.505. The van der Waals surface area contributed by atoms with Crippen LogP contribution < -0.4 is 10.2 Å². The van der Waals surface area contributed by atoms with Gasteiger partial charge >= 0.3 is 0 Å². The Morgan fingerprint density at radius 3 is 2.43 bits per heavy atom. The first-order valence-corrected chi connectivity index (χ1v) is 9.96. The molecule has 0 saturated carbocycles. The highest BCUT2D eigenvalue weighted by Gasteiger charge is 2.17. The minimum atomic E-state index is 0.325. The predicted molar refractivity (Wildman–Crippen MR) is 120 cm³/mol. The summed E-state index contributed by atoms with van der Waals surface area (Å²) in [4.78, 5) is 18.3. The molecule has 0 aliphatic carbocycles. The number of carbonyl (C=O) groups excluding carboxylic acids is 1. The van der Waals surface area contributed by atoms with E-state index in [-0.39, 0.29) is 0 Å². The van der Waals surface area contributed by atoms with Crippen molar-refractivity contribution in [2.45, 2.75) is 6.92 Å². The molecule has 0 bridgehead atoms. The molecule has 2 heterocycles. The number of hydrogen-bond donors (Lipinski definition) is 2. The molecule has 0 spiro atoms. The molecular weight excluding hydrogens is 376 g/mol. The molecule has 1 fully saturated rings. The third-order valence-electron chi connectivity index (χ3n) is 5.13. The van der Waals surface area contributed by atoms with Crippen LogP contribution in [-0.4, -0.2) is 43.3 Å². The molecular formula is C24H24N4O2. The second kappa shape index (κ2) is 8.88. The summed E-state index contributed by atoms with van der Waals surface area (Å²) in [5.41, 5.74) is 5.13. The molecule has 0 amide bonds. The van der Waals surface area contributed by atoms with Crippen LogP contribution in [0.1, 0.15) is 23.0 Å². The minimum absolute atomic E-state index is 0.325. The topological polar surface area (TPSA) is 78.3 Å². The third kappa shape index (κ3) is 4.23. The first-order valence-electron chi connectivity index (χ1n) is 9.96. The molecule has 1 saturated heterocycles. The molecule has 152 valence electrons. The highest BCUT2D eigenvalue weighted by molar-refractivity contribution is 6.07. The second-order valence-corrected chi connectivity index (χ2v) is 7.20. The lowest BCUT2D eigenvalue weighted by Crippen LogP contribution is -2.36. The van der Waals surface area contributed by atoms with Gasteiger partial charge in [0.2, 0.25) is 0 Å². The molecule has 0 radical (unpaired) electrons. The zero-order valence-electron chi connectivity index (χ0n) is 16.9. The van der Waals surface area contributed by atoms with E-state index in [4.69, 9.17) is 10.1 Å². The number of anilines is 3. The summed E-state index contributed by atoms with van der Waals surface area (Å²) in [6.07, 6.45) is 0.741. The van der Waals surface area contributed by atoms with Crippen LogP contribution in [0.25, 0.3) is 11.1 Å². The van der Waals surface area contributed by atoms with E-state index in [0.29, 0.717) is 22.8 Å². The van der Waals surface area contributed by atoms with Gasteiger partial charge in [-0.2, -0.15) is 0 Å². The van der Waals surface area contributed by atoms with E-state index < -0.39 is 0 Å². The van der Waals surface area contributed by atoms with E-state index in [1.807, 2.05) is 42.5 Å². The number of aldehydes is 1. The van der Waals surface area contributed by atoms with E-state index in [2.05, 4.69) is 27.3 Å². The van der Waals surface area contributed by atoms with Crippen LogP contribution in [0.3, 0.4) is 0 Å². The Bertz CT molecular complexity index is 1040. The number of aromatic nitrogens is 1. The molecule has 1 aromatic heterocycles. The van der Waals surface area contributed by atoms with Gasteiger partial charge in [-0.25, -0.2) is 4.98 Å². The lowest BCUT2D eigenvalue weighted by molar-refractivity contribution is 0.111. The Morgan fingerprint density at radius 1 is 1.10 bits per heavy atom. The highest BCUT2D eigenvalue weighted by atomic mass is 16.5. The Hall–Kier alpha value is -3.51. The summed E-state index contributed by atoms with van der Waals surface area (Å²) >= 11 is 0. The van der Waals surface area contributed by atoms with Crippen LogP contribution in [0.5, 0.6) is 0 Å². The zero-order chi connectivity index (χ0) is 20.9. The van der Waals surface area contributed by atoms with Gasteiger partial charge in [-0.05, 0) is 48.4 Å². The number of pyridine rings is 1. The van der Waals surface area contributed by atoms with Crippen molar-refractivity contribution in [2.24, 2.45) is 0 Å². The minimum Gasteiger partial charge on any atom is -0.378 e. The number of nitrogens with zero attached hydrogens (tertiary/aromatic N) is 2. The molecule has 1 aliphatic rings. The maximum Gasteiger partial charge on any atom is 0.168 e. The van der Waals surface area contributed by atoms with E-state index in [9.17, 15) is 4.79 Å². The molecule has 6 heteroatoms. The van der Waals surface area contributed by atoms with E-state index in [1.54, 1.807) is 13.0 Å². The number of ether oxygens (including phenoxy) is 1. The van der Waals surface area contributed by atoms with E-state index >= 15 is 0 Å². The molecule has 30 heavy (non-hydrogen) atoms. The molecule has 6 nitrogen and oxygen atoms in total. The summed E-state index contributed by atoms with van der Waals surface area (Å²) in [6.45, 7) is 4.96. The smallest absolute Gasteiger partial charge is 0.168 e. The van der Waals surface area contributed by atoms with Gasteiger partial charge in [0.15, 0.2) is 6.29 Å². The Balaban J connectivity index is 1.75. The van der Waals surface area contributed by atoms with E-state index in [0.717, 1.165) is 55.1 Å². The molecule has 2 N–H and O–H groups in total. The largest absolute Gasteiger partial charge is 0.378 e. The maximum atomic E-state index is 11.6. The highest BCUT2D eigenvalue weighted by Crippen LogP contribution is 2.32. The second-order valence-electron chi connectivity index (χ2n) is 7.20. The molecule has 2 aromatic carbocycles. The Kier molecular flexibility index (Phi) is 5.86. The summed E-state index contributed by atoms with van der Waals surface area (Å²) in [6, 6.07) is 19.6. The fraction of sp³-hybridized carbons (Fsp3) is 0.208. The van der Waals surface area contributed by atoms with Crippen LogP contribution in [0, 0.1) is 5.41 Å². The summed E-state index contributed by atoms with van der Waals surface area (Å²) in [5, 5.41) is 11.6. The molecule has 0 atom stereocenters. The SMILES string of the molecule is CC(=N)c1c(-c2ccc(N3CCOCC3)cc2)cc(C=O)nc1Nc1ccccc1. The standard InChI is InChI=1S/C24H24N4O2/c1-17(25)23-22(18-7-9-21(10-8-18)28-11-13-30-14-12-28)15-20(16-29)27-24(23)26-19-5-3-2-4-6-19/h2-10,15-16,25H,11-14H2,1H3,(H,26,27). The van der Waals surface area contributed by atoms with Crippen molar-refractivity contribution in [3.8, 4) is 11.1 Å². The number of carbonyl (C=O) groups is 1. The van der Waals surface area contributed by atoms with Gasteiger partial charge < -0.3 is 20.4 Å². The van der Waals surface area contributed by atoms with Crippen LogP contribution in [0.15, 0.2) is 60.7 Å². The number of nitrogens with one attached hydrogen (secondary N) is 2. The quantitative estimate of drug-likeness (QED) is 0.470. The number of morpholine rings is 1. The maximum absolute atomic E-state index is 11.6. The lowest BCUT2D eigenvalue weighted by Gasteiger charge is -2.29. The monoisotopic (exact) mass is 400 g/mol. The van der Waals surface area contributed by atoms with Crippen molar-refractivity contribution < 1.29 is 9.53 Å². The average Bonchev–Trinajstić information content (AvgIpc) is 2.79. The fourth-order valence-electron chi connectivity index (χ4n) is 3.65. The van der Waals surface area contributed by atoms with Crippen molar-refractivity contribution in [1.82, 2.24) is 4.98 Å². The third-order valence-corrected chi connectivity index (χ3v) is 5.13. The van der Waals surface area contributed by atoms with Gasteiger partial charge in [-0.15, -0.1) is 0 Å². The van der Waals surface area contributed by atoms with Gasteiger partial charge in [0.1, 0.15) is 11.5 Å². The summed E-state index contributed by atoms with van der Waals surface area (Å²) in [7, 11) is 0. The number of para-hydroxylation sites is 1. The molecule has 4 rings (SSSR count). The summed E-state index contributed by atoms with van der Waals surface area (Å²) < 4.78 is 5.43. The van der Waals surface area contributed by atoms with Crippen molar-refractivity contribution in [3.63, 3.8) is 0 Å². The van der Waals surface area contributed by atoms with Crippen LogP contribution in [0.4, 0.5) is 17.2 Å². The molecule has 3 aromatic rings. The first-order chi connectivity index (χ1) is 14.7.